The summed E-state index contributed by atoms with van der Waals surface area (Å²) in [6.07, 6.45) is 2.43. The lowest BCUT2D eigenvalue weighted by atomic mass is 9.70. The van der Waals surface area contributed by atoms with Gasteiger partial charge in [0.1, 0.15) is 13.2 Å². The Bertz CT molecular complexity index is 1010. The second-order valence-corrected chi connectivity index (χ2v) is 8.64. The van der Waals surface area contributed by atoms with Gasteiger partial charge in [-0.3, -0.25) is 4.79 Å². The lowest BCUT2D eigenvalue weighted by Crippen LogP contribution is -2.43. The Morgan fingerprint density at radius 2 is 1.48 bits per heavy atom. The highest BCUT2D eigenvalue weighted by molar-refractivity contribution is 5.90. The molecule has 0 bridgehead atoms. The lowest BCUT2D eigenvalue weighted by Gasteiger charge is -2.32. The summed E-state index contributed by atoms with van der Waals surface area (Å²) >= 11 is 0. The summed E-state index contributed by atoms with van der Waals surface area (Å²) in [5.41, 5.74) is 8.36. The number of nitrogens with two attached hydrogens (primary N) is 1. The van der Waals surface area contributed by atoms with E-state index in [4.69, 9.17) is 15.2 Å². The van der Waals surface area contributed by atoms with Crippen molar-refractivity contribution in [3.8, 4) is 11.5 Å². The molecule has 4 rings (SSSR count). The number of amides is 1. The van der Waals surface area contributed by atoms with E-state index in [1.54, 1.807) is 0 Å². The van der Waals surface area contributed by atoms with Gasteiger partial charge in [-0.25, -0.2) is 0 Å². The Morgan fingerprint density at radius 3 is 2.09 bits per heavy atom. The third kappa shape index (κ3) is 5.20. The van der Waals surface area contributed by atoms with Crippen LogP contribution in [0, 0.1) is 0 Å². The standard InChI is InChI=1S/C28H32N2O3/c1-30(18-15-22-13-14-25-26(21-22)33-20-19-32-25)17-8-16-28(27(29)31,23-9-4-2-5-10-23)24-11-6-3-7-12-24/h2-7,9-14,21H,8,15-20H2,1H3,(H2,29,31). The van der Waals surface area contributed by atoms with Crippen LogP contribution in [-0.4, -0.2) is 44.2 Å². The first kappa shape index (κ1) is 22.9. The molecule has 1 amide bonds. The molecule has 0 saturated carbocycles. The van der Waals surface area contributed by atoms with Crippen molar-refractivity contribution in [1.82, 2.24) is 4.90 Å². The number of hydrogen-bond acceptors (Lipinski definition) is 4. The van der Waals surface area contributed by atoms with E-state index in [1.165, 1.54) is 5.56 Å². The van der Waals surface area contributed by atoms with Crippen LogP contribution in [0.2, 0.25) is 0 Å². The smallest absolute Gasteiger partial charge is 0.232 e. The number of carbonyl (C=O) groups excluding carboxylic acids is 1. The van der Waals surface area contributed by atoms with Gasteiger partial charge in [-0.2, -0.15) is 0 Å². The maximum absolute atomic E-state index is 12.9. The number of nitrogens with zero attached hydrogens (tertiary/aromatic N) is 1. The van der Waals surface area contributed by atoms with Crippen LogP contribution in [0.15, 0.2) is 78.9 Å². The molecule has 3 aromatic carbocycles. The highest BCUT2D eigenvalue weighted by atomic mass is 16.6. The Hall–Kier alpha value is -3.31. The van der Waals surface area contributed by atoms with Crippen LogP contribution in [0.5, 0.6) is 11.5 Å². The number of primary amides is 1. The molecular formula is C28H32N2O3. The number of rotatable bonds is 10. The van der Waals surface area contributed by atoms with Gasteiger partial charge in [-0.1, -0.05) is 66.7 Å². The average Bonchev–Trinajstić information content (AvgIpc) is 2.86. The van der Waals surface area contributed by atoms with Crippen molar-refractivity contribution >= 4 is 5.91 Å². The van der Waals surface area contributed by atoms with E-state index in [1.807, 2.05) is 66.7 Å². The molecular weight excluding hydrogens is 412 g/mol. The van der Waals surface area contributed by atoms with E-state index in [9.17, 15) is 4.79 Å². The van der Waals surface area contributed by atoms with Gasteiger partial charge in [0.05, 0.1) is 5.41 Å². The molecule has 1 aliphatic rings. The molecule has 172 valence electrons. The van der Waals surface area contributed by atoms with Crippen LogP contribution in [0.25, 0.3) is 0 Å². The maximum atomic E-state index is 12.9. The van der Waals surface area contributed by atoms with Gasteiger partial charge in [-0.05, 0) is 61.7 Å². The predicted molar refractivity (Wildman–Crippen MR) is 131 cm³/mol. The monoisotopic (exact) mass is 444 g/mol. The summed E-state index contributed by atoms with van der Waals surface area (Å²) in [6.45, 7) is 2.99. The minimum atomic E-state index is -0.834. The molecule has 0 aromatic heterocycles. The summed E-state index contributed by atoms with van der Waals surface area (Å²) < 4.78 is 11.3. The predicted octanol–water partition coefficient (Wildman–Crippen LogP) is 4.18. The van der Waals surface area contributed by atoms with Crippen LogP contribution in [0.3, 0.4) is 0 Å². The van der Waals surface area contributed by atoms with Crippen LogP contribution in [0.1, 0.15) is 29.5 Å². The number of fused-ring (bicyclic) bond motifs is 1. The Labute approximate surface area is 196 Å². The number of ether oxygens (including phenoxy) is 2. The molecule has 1 heterocycles. The molecule has 2 N–H and O–H groups in total. The molecule has 0 fully saturated rings. The van der Waals surface area contributed by atoms with Crippen LogP contribution in [0.4, 0.5) is 0 Å². The Balaban J connectivity index is 1.40. The van der Waals surface area contributed by atoms with E-state index in [0.29, 0.717) is 19.6 Å². The average molecular weight is 445 g/mol. The molecule has 0 saturated heterocycles. The summed E-state index contributed by atoms with van der Waals surface area (Å²) in [5, 5.41) is 0. The molecule has 0 atom stereocenters. The highest BCUT2D eigenvalue weighted by Gasteiger charge is 2.39. The Kier molecular flexibility index (Phi) is 7.30. The zero-order valence-corrected chi connectivity index (χ0v) is 19.2. The first-order chi connectivity index (χ1) is 16.1. The number of carbonyl (C=O) groups is 1. The topological polar surface area (TPSA) is 64.8 Å². The SMILES string of the molecule is CN(CCCC(C(N)=O)(c1ccccc1)c1ccccc1)CCc1ccc2c(c1)OCCO2. The third-order valence-electron chi connectivity index (χ3n) is 6.43. The van der Waals surface area contributed by atoms with Gasteiger partial charge < -0.3 is 20.1 Å². The number of hydrogen-bond donors (Lipinski definition) is 1. The molecule has 5 heteroatoms. The molecule has 3 aromatic rings. The van der Waals surface area contributed by atoms with Crippen molar-refractivity contribution in [2.24, 2.45) is 5.73 Å². The Morgan fingerprint density at radius 1 is 0.879 bits per heavy atom. The highest BCUT2D eigenvalue weighted by Crippen LogP contribution is 2.37. The van der Waals surface area contributed by atoms with E-state index in [-0.39, 0.29) is 5.91 Å². The van der Waals surface area contributed by atoms with E-state index < -0.39 is 5.41 Å². The molecule has 1 aliphatic heterocycles. The fraction of sp³-hybridized carbons (Fsp3) is 0.321. The fourth-order valence-electron chi connectivity index (χ4n) is 4.60. The lowest BCUT2D eigenvalue weighted by molar-refractivity contribution is -0.122. The summed E-state index contributed by atoms with van der Waals surface area (Å²) in [5.74, 6) is 1.35. The molecule has 5 nitrogen and oxygen atoms in total. The van der Waals surface area contributed by atoms with Crippen molar-refractivity contribution in [2.75, 3.05) is 33.4 Å². The molecule has 0 unspecified atom stereocenters. The summed E-state index contributed by atoms with van der Waals surface area (Å²) in [6, 6.07) is 26.0. The van der Waals surface area contributed by atoms with Gasteiger partial charge in [0, 0.05) is 6.54 Å². The summed E-state index contributed by atoms with van der Waals surface area (Å²) in [4.78, 5) is 15.2. The van der Waals surface area contributed by atoms with Gasteiger partial charge in [0.25, 0.3) is 0 Å². The zero-order chi connectivity index (χ0) is 23.1. The normalized spacial score (nSPS) is 13.2. The minimum absolute atomic E-state index is 0.307. The summed E-state index contributed by atoms with van der Waals surface area (Å²) in [7, 11) is 2.12. The number of likely N-dealkylation sites (N-methyl/N-ethyl adjacent to an activating group) is 1. The molecule has 0 radical (unpaired) electrons. The van der Waals surface area contributed by atoms with Gasteiger partial charge in [0.2, 0.25) is 5.91 Å². The van der Waals surface area contributed by atoms with Crippen LogP contribution in [-0.2, 0) is 16.6 Å². The van der Waals surface area contributed by atoms with Crippen molar-refractivity contribution in [2.45, 2.75) is 24.7 Å². The number of benzene rings is 3. The first-order valence-corrected chi connectivity index (χ1v) is 11.6. The maximum Gasteiger partial charge on any atom is 0.232 e. The molecule has 0 aliphatic carbocycles. The zero-order valence-electron chi connectivity index (χ0n) is 19.2. The van der Waals surface area contributed by atoms with Crippen molar-refractivity contribution < 1.29 is 14.3 Å². The molecule has 33 heavy (non-hydrogen) atoms. The third-order valence-corrected chi connectivity index (χ3v) is 6.43. The quantitative estimate of drug-likeness (QED) is 0.509. The minimum Gasteiger partial charge on any atom is -0.486 e. The second kappa shape index (κ2) is 10.5. The van der Waals surface area contributed by atoms with Gasteiger partial charge >= 0.3 is 0 Å². The van der Waals surface area contributed by atoms with Crippen LogP contribution < -0.4 is 15.2 Å². The second-order valence-electron chi connectivity index (χ2n) is 8.64. The van der Waals surface area contributed by atoms with Gasteiger partial charge in [0.15, 0.2) is 11.5 Å². The van der Waals surface area contributed by atoms with E-state index in [2.05, 4.69) is 24.1 Å². The van der Waals surface area contributed by atoms with Crippen LogP contribution >= 0.6 is 0 Å². The molecule has 0 spiro atoms. The van der Waals surface area contributed by atoms with Crippen molar-refractivity contribution in [1.29, 1.82) is 0 Å². The van der Waals surface area contributed by atoms with E-state index >= 15 is 0 Å². The first-order valence-electron chi connectivity index (χ1n) is 11.6. The van der Waals surface area contributed by atoms with Crippen molar-refractivity contribution in [3.05, 3.63) is 95.6 Å². The van der Waals surface area contributed by atoms with E-state index in [0.717, 1.165) is 48.6 Å². The fourth-order valence-corrected chi connectivity index (χ4v) is 4.60. The van der Waals surface area contributed by atoms with Gasteiger partial charge in [-0.15, -0.1) is 0 Å². The largest absolute Gasteiger partial charge is 0.486 e. The van der Waals surface area contributed by atoms with Crippen molar-refractivity contribution in [3.63, 3.8) is 0 Å².